The van der Waals surface area contributed by atoms with E-state index in [1.165, 1.54) is 0 Å². The van der Waals surface area contributed by atoms with Crippen molar-refractivity contribution >= 4 is 0 Å². The molecule has 1 N–H and O–H groups in total. The third-order valence-corrected chi connectivity index (χ3v) is 0.512. The molecule has 0 saturated heterocycles. The number of aliphatic hydroxyl groups excluding tert-OH is 1. The minimum Gasteiger partial charge on any atom is -0.396 e. The summed E-state index contributed by atoms with van der Waals surface area (Å²) in [6.45, 7) is 2.40. The van der Waals surface area contributed by atoms with E-state index in [2.05, 4.69) is 6.92 Å². The molecule has 44 valence electrons. The van der Waals surface area contributed by atoms with Gasteiger partial charge in [0.2, 0.25) is 0 Å². The largest absolute Gasteiger partial charge is 0.396 e. The summed E-state index contributed by atoms with van der Waals surface area (Å²) in [4.78, 5) is 0. The van der Waals surface area contributed by atoms with Crippen LogP contribution in [0.2, 0.25) is 0 Å². The number of unbranched alkanes of at least 4 members (excludes halogenated alkanes) is 1. The second-order valence-corrected chi connectivity index (χ2v) is 1.08. The molecule has 0 spiro atoms. The maximum absolute atomic E-state index is 8.07. The van der Waals surface area contributed by atoms with Crippen LogP contribution in [0.3, 0.4) is 0 Å². The number of rotatable bonds is 2. The summed E-state index contributed by atoms with van der Waals surface area (Å²) in [7, 11) is 0. The van der Waals surface area contributed by atoms with Crippen molar-refractivity contribution in [2.75, 3.05) is 6.61 Å². The van der Waals surface area contributed by atoms with Crippen molar-refractivity contribution in [1.82, 2.24) is 0 Å². The van der Waals surface area contributed by atoms with Gasteiger partial charge in [-0.3, -0.25) is 0 Å². The first kappa shape index (κ1) is 15.7. The molecule has 0 amide bonds. The van der Waals surface area contributed by atoms with Gasteiger partial charge in [-0.15, -0.1) is 0 Å². The maximum atomic E-state index is 8.07. The van der Waals surface area contributed by atoms with Crippen LogP contribution >= 0.6 is 0 Å². The van der Waals surface area contributed by atoms with Crippen LogP contribution in [0.4, 0.5) is 0 Å². The normalized spacial score (nSPS) is 6.00. The van der Waals surface area contributed by atoms with Crippen LogP contribution in [0, 0.1) is 7.43 Å². The van der Waals surface area contributed by atoms with E-state index in [4.69, 9.17) is 5.11 Å². The van der Waals surface area contributed by atoms with E-state index in [0.29, 0.717) is 6.61 Å². The Bertz CT molecular complexity index is 15.6. The van der Waals surface area contributed by atoms with Gasteiger partial charge in [0.15, 0.2) is 0 Å². The molecular weight excluding hydrogens is 167 g/mol. The molecule has 0 aromatic heterocycles. The van der Waals surface area contributed by atoms with E-state index in [-0.39, 0.29) is 33.6 Å². The molecule has 1 nitrogen and oxygen atoms in total. The minimum atomic E-state index is 0. The first-order valence-corrected chi connectivity index (χ1v) is 2.02. The van der Waals surface area contributed by atoms with Gasteiger partial charge in [-0.25, -0.2) is 0 Å². The summed E-state index contributed by atoms with van der Waals surface area (Å²) in [6, 6.07) is 0. The van der Waals surface area contributed by atoms with Crippen molar-refractivity contribution in [3.05, 3.63) is 7.43 Å². The molecule has 0 atom stereocenters. The van der Waals surface area contributed by atoms with Crippen molar-refractivity contribution in [3.63, 3.8) is 0 Å². The fraction of sp³-hybridized carbons (Fsp3) is 0.800. The number of hydrogen-bond acceptors (Lipinski definition) is 1. The molecule has 0 aromatic carbocycles. The summed E-state index contributed by atoms with van der Waals surface area (Å²) < 4.78 is 0. The molecule has 0 radical (unpaired) electrons. The van der Waals surface area contributed by atoms with Crippen LogP contribution in [-0.4, -0.2) is 11.7 Å². The molecule has 0 bridgehead atoms. The zero-order valence-electron chi connectivity index (χ0n) is 5.07. The third-order valence-electron chi connectivity index (χ3n) is 0.512. The van der Waals surface area contributed by atoms with E-state index < -0.39 is 0 Å². The predicted octanol–water partition coefficient (Wildman–Crippen LogP) is 1.23. The monoisotopic (exact) mass is 179 g/mol. The van der Waals surface area contributed by atoms with E-state index in [1.54, 1.807) is 0 Å². The van der Waals surface area contributed by atoms with E-state index in [0.717, 1.165) is 12.8 Å². The van der Waals surface area contributed by atoms with Crippen molar-refractivity contribution in [3.8, 4) is 0 Å². The van der Waals surface area contributed by atoms with E-state index >= 15 is 0 Å². The smallest absolute Gasteiger partial charge is 0.0430 e. The van der Waals surface area contributed by atoms with Gasteiger partial charge in [0.25, 0.3) is 0 Å². The Morgan fingerprint density at radius 1 is 1.43 bits per heavy atom. The average molecular weight is 180 g/mol. The molecule has 0 aliphatic carbocycles. The summed E-state index contributed by atoms with van der Waals surface area (Å²) in [5.41, 5.74) is 0. The summed E-state index contributed by atoms with van der Waals surface area (Å²) in [6.07, 6.45) is 2.04. The molecule has 0 rings (SSSR count). The molecule has 0 saturated carbocycles. The molecule has 0 fully saturated rings. The second kappa shape index (κ2) is 15.8. The quantitative estimate of drug-likeness (QED) is 0.634. The van der Waals surface area contributed by atoms with Gasteiger partial charge in [0, 0.05) is 32.8 Å². The van der Waals surface area contributed by atoms with Gasteiger partial charge in [-0.05, 0) is 6.42 Å². The first-order valence-electron chi connectivity index (χ1n) is 2.02. The van der Waals surface area contributed by atoms with Gasteiger partial charge in [-0.2, -0.15) is 0 Å². The Morgan fingerprint density at radius 3 is 1.86 bits per heavy atom. The summed E-state index contributed by atoms with van der Waals surface area (Å²) in [5, 5.41) is 8.07. The Kier molecular flexibility index (Phi) is 35.4. The van der Waals surface area contributed by atoms with Gasteiger partial charge < -0.3 is 12.5 Å². The molecule has 0 aliphatic heterocycles. The second-order valence-electron chi connectivity index (χ2n) is 1.08. The van der Waals surface area contributed by atoms with Gasteiger partial charge >= 0.3 is 0 Å². The molecule has 0 heterocycles. The zero-order valence-corrected chi connectivity index (χ0v) is 7.53. The Hall–Kier alpha value is 0.843. The van der Waals surface area contributed by atoms with Gasteiger partial charge in [-0.1, -0.05) is 13.3 Å². The molecular formula is C5H13OZr-. The van der Waals surface area contributed by atoms with Crippen LogP contribution in [0.5, 0.6) is 0 Å². The molecule has 0 aliphatic rings. The van der Waals surface area contributed by atoms with Crippen LogP contribution in [0.15, 0.2) is 0 Å². The van der Waals surface area contributed by atoms with Crippen LogP contribution in [-0.2, 0) is 26.2 Å². The van der Waals surface area contributed by atoms with Crippen molar-refractivity contribution in [2.45, 2.75) is 19.8 Å². The zero-order chi connectivity index (χ0) is 4.12. The van der Waals surface area contributed by atoms with Crippen molar-refractivity contribution < 1.29 is 31.3 Å². The SMILES string of the molecule is CCCCO.[CH3-].[Zr]. The van der Waals surface area contributed by atoms with Crippen LogP contribution < -0.4 is 0 Å². The van der Waals surface area contributed by atoms with Crippen molar-refractivity contribution in [2.24, 2.45) is 0 Å². The van der Waals surface area contributed by atoms with E-state index in [9.17, 15) is 0 Å². The molecule has 7 heavy (non-hydrogen) atoms. The minimum absolute atomic E-state index is 0. The third kappa shape index (κ3) is 19.9. The topological polar surface area (TPSA) is 20.2 Å². The summed E-state index contributed by atoms with van der Waals surface area (Å²) in [5.74, 6) is 0. The Balaban J connectivity index is -0.0000000800. The Morgan fingerprint density at radius 2 is 1.86 bits per heavy atom. The summed E-state index contributed by atoms with van der Waals surface area (Å²) >= 11 is 0. The van der Waals surface area contributed by atoms with Crippen molar-refractivity contribution in [1.29, 1.82) is 0 Å². The molecule has 2 heteroatoms. The van der Waals surface area contributed by atoms with Crippen LogP contribution in [0.25, 0.3) is 0 Å². The number of aliphatic hydroxyl groups is 1. The van der Waals surface area contributed by atoms with Gasteiger partial charge in [0.05, 0.1) is 0 Å². The fourth-order valence-electron chi connectivity index (χ4n) is 0.158. The van der Waals surface area contributed by atoms with Crippen LogP contribution in [0.1, 0.15) is 19.8 Å². The fourth-order valence-corrected chi connectivity index (χ4v) is 0.158. The van der Waals surface area contributed by atoms with Gasteiger partial charge in [0.1, 0.15) is 0 Å². The Labute approximate surface area is 65.2 Å². The predicted molar refractivity (Wildman–Crippen MR) is 28.4 cm³/mol. The maximum Gasteiger partial charge on any atom is 0.0430 e. The average Bonchev–Trinajstić information content (AvgIpc) is 1.41. The standard InChI is InChI=1S/C4H10O.CH3.Zr/c1-2-3-4-5;;/h5H,2-4H2,1H3;1H3;/q;-1;. The number of hydrogen-bond donors (Lipinski definition) is 1. The molecule has 0 unspecified atom stereocenters. The molecule has 0 aromatic rings. The first-order chi connectivity index (χ1) is 2.41. The van der Waals surface area contributed by atoms with E-state index in [1.807, 2.05) is 0 Å².